The average Bonchev–Trinajstić information content (AvgIpc) is 3.06. The predicted octanol–water partition coefficient (Wildman–Crippen LogP) is 2.82. The van der Waals surface area contributed by atoms with E-state index in [0.29, 0.717) is 18.3 Å². The van der Waals surface area contributed by atoms with E-state index in [-0.39, 0.29) is 6.61 Å². The molecule has 2 heterocycles. The molecule has 0 amide bonds. The van der Waals surface area contributed by atoms with Gasteiger partial charge < -0.3 is 13.8 Å². The highest BCUT2D eigenvalue weighted by Gasteiger charge is 2.09. The van der Waals surface area contributed by atoms with Crippen LogP contribution in [-0.4, -0.2) is 19.7 Å². The standard InChI is InChI=1S/C16H18N4O2/c1-11-6-12(2)8-14(7-11)21-10-15-18-16(22-19-15)9-20-5-4-17-13(20)3/h4-8H,9-10H2,1-3H3. The van der Waals surface area contributed by atoms with E-state index in [1.54, 1.807) is 6.20 Å². The van der Waals surface area contributed by atoms with Gasteiger partial charge in [0.1, 0.15) is 18.1 Å². The van der Waals surface area contributed by atoms with Crippen molar-refractivity contribution in [3.05, 3.63) is 59.3 Å². The van der Waals surface area contributed by atoms with Crippen molar-refractivity contribution < 1.29 is 9.26 Å². The van der Waals surface area contributed by atoms with E-state index in [4.69, 9.17) is 9.26 Å². The normalized spacial score (nSPS) is 10.9. The Hall–Kier alpha value is -2.63. The van der Waals surface area contributed by atoms with E-state index in [0.717, 1.165) is 11.6 Å². The van der Waals surface area contributed by atoms with E-state index in [9.17, 15) is 0 Å². The largest absolute Gasteiger partial charge is 0.485 e. The fraction of sp³-hybridized carbons (Fsp3) is 0.312. The number of rotatable bonds is 5. The number of ether oxygens (including phenoxy) is 1. The van der Waals surface area contributed by atoms with Crippen LogP contribution in [0.4, 0.5) is 0 Å². The summed E-state index contributed by atoms with van der Waals surface area (Å²) in [7, 11) is 0. The minimum absolute atomic E-state index is 0.287. The predicted molar refractivity (Wildman–Crippen MR) is 80.6 cm³/mol. The topological polar surface area (TPSA) is 66.0 Å². The molecule has 6 heteroatoms. The van der Waals surface area contributed by atoms with E-state index >= 15 is 0 Å². The quantitative estimate of drug-likeness (QED) is 0.724. The van der Waals surface area contributed by atoms with Crippen LogP contribution in [0.3, 0.4) is 0 Å². The Morgan fingerprint density at radius 2 is 1.91 bits per heavy atom. The Bertz CT molecular complexity index is 756. The SMILES string of the molecule is Cc1cc(C)cc(OCc2noc(Cn3ccnc3C)n2)c1. The Labute approximate surface area is 128 Å². The van der Waals surface area contributed by atoms with Gasteiger partial charge in [0.15, 0.2) is 6.61 Å². The first kappa shape index (κ1) is 14.3. The molecule has 114 valence electrons. The van der Waals surface area contributed by atoms with Gasteiger partial charge in [-0.3, -0.25) is 0 Å². The lowest BCUT2D eigenvalue weighted by atomic mass is 10.1. The van der Waals surface area contributed by atoms with Crippen LogP contribution in [0.15, 0.2) is 35.1 Å². The highest BCUT2D eigenvalue weighted by molar-refractivity contribution is 5.33. The van der Waals surface area contributed by atoms with Crippen LogP contribution >= 0.6 is 0 Å². The molecule has 0 unspecified atom stereocenters. The molecule has 0 aliphatic rings. The molecule has 0 aliphatic heterocycles. The third kappa shape index (κ3) is 3.33. The van der Waals surface area contributed by atoms with Gasteiger partial charge in [0.25, 0.3) is 0 Å². The zero-order valence-electron chi connectivity index (χ0n) is 12.9. The second-order valence-corrected chi connectivity index (χ2v) is 5.32. The lowest BCUT2D eigenvalue weighted by molar-refractivity contribution is 0.284. The van der Waals surface area contributed by atoms with Crippen molar-refractivity contribution in [1.29, 1.82) is 0 Å². The molecule has 0 saturated carbocycles. The van der Waals surface area contributed by atoms with Gasteiger partial charge in [0, 0.05) is 12.4 Å². The summed E-state index contributed by atoms with van der Waals surface area (Å²) in [5.41, 5.74) is 2.33. The summed E-state index contributed by atoms with van der Waals surface area (Å²) in [4.78, 5) is 8.50. The van der Waals surface area contributed by atoms with Crippen LogP contribution in [0.2, 0.25) is 0 Å². The lowest BCUT2D eigenvalue weighted by Gasteiger charge is -2.05. The van der Waals surface area contributed by atoms with Crippen molar-refractivity contribution in [3.8, 4) is 5.75 Å². The summed E-state index contributed by atoms with van der Waals surface area (Å²) in [5.74, 6) is 2.80. The maximum absolute atomic E-state index is 5.72. The molecular weight excluding hydrogens is 280 g/mol. The molecule has 0 spiro atoms. The number of nitrogens with zero attached hydrogens (tertiary/aromatic N) is 4. The first-order valence-corrected chi connectivity index (χ1v) is 7.10. The highest BCUT2D eigenvalue weighted by atomic mass is 16.5. The van der Waals surface area contributed by atoms with Gasteiger partial charge in [0.2, 0.25) is 11.7 Å². The molecule has 0 N–H and O–H groups in total. The van der Waals surface area contributed by atoms with E-state index < -0.39 is 0 Å². The van der Waals surface area contributed by atoms with Crippen molar-refractivity contribution in [2.45, 2.75) is 33.9 Å². The first-order chi connectivity index (χ1) is 10.6. The second kappa shape index (κ2) is 6.01. The fourth-order valence-electron chi connectivity index (χ4n) is 2.29. The van der Waals surface area contributed by atoms with Crippen LogP contribution in [0.5, 0.6) is 5.75 Å². The zero-order chi connectivity index (χ0) is 15.5. The minimum Gasteiger partial charge on any atom is -0.485 e. The summed E-state index contributed by atoms with van der Waals surface area (Å²) in [6, 6.07) is 6.08. The third-order valence-corrected chi connectivity index (χ3v) is 3.30. The van der Waals surface area contributed by atoms with Crippen LogP contribution in [0.25, 0.3) is 0 Å². The van der Waals surface area contributed by atoms with Gasteiger partial charge in [-0.25, -0.2) is 4.98 Å². The van der Waals surface area contributed by atoms with Gasteiger partial charge in [-0.15, -0.1) is 0 Å². The smallest absolute Gasteiger partial charge is 0.246 e. The summed E-state index contributed by atoms with van der Waals surface area (Å²) in [5, 5.41) is 3.94. The maximum Gasteiger partial charge on any atom is 0.246 e. The molecule has 0 bridgehead atoms. The first-order valence-electron chi connectivity index (χ1n) is 7.10. The molecule has 22 heavy (non-hydrogen) atoms. The molecule has 3 aromatic rings. The molecule has 3 rings (SSSR count). The van der Waals surface area contributed by atoms with Gasteiger partial charge >= 0.3 is 0 Å². The Morgan fingerprint density at radius 3 is 2.59 bits per heavy atom. The van der Waals surface area contributed by atoms with E-state index in [1.807, 2.05) is 43.7 Å². The molecule has 0 radical (unpaired) electrons. The van der Waals surface area contributed by atoms with Crippen LogP contribution in [0, 0.1) is 20.8 Å². The van der Waals surface area contributed by atoms with Crippen molar-refractivity contribution in [1.82, 2.24) is 19.7 Å². The van der Waals surface area contributed by atoms with Gasteiger partial charge in [0.05, 0.1) is 0 Å². The minimum atomic E-state index is 0.287. The Kier molecular flexibility index (Phi) is 3.91. The molecule has 0 aliphatic carbocycles. The second-order valence-electron chi connectivity index (χ2n) is 5.32. The van der Waals surface area contributed by atoms with Gasteiger partial charge in [-0.2, -0.15) is 4.98 Å². The lowest BCUT2D eigenvalue weighted by Crippen LogP contribution is -2.02. The zero-order valence-corrected chi connectivity index (χ0v) is 12.9. The van der Waals surface area contributed by atoms with E-state index in [1.165, 1.54) is 11.1 Å². The number of benzene rings is 1. The number of aryl methyl sites for hydroxylation is 3. The monoisotopic (exact) mass is 298 g/mol. The summed E-state index contributed by atoms with van der Waals surface area (Å²) in [6.07, 6.45) is 3.63. The van der Waals surface area contributed by atoms with Crippen LogP contribution in [0.1, 0.15) is 28.7 Å². The van der Waals surface area contributed by atoms with Crippen LogP contribution < -0.4 is 4.74 Å². The number of imidazole rings is 1. The molecule has 6 nitrogen and oxygen atoms in total. The van der Waals surface area contributed by atoms with Crippen molar-refractivity contribution in [3.63, 3.8) is 0 Å². The summed E-state index contributed by atoms with van der Waals surface area (Å²) in [6.45, 7) is 6.82. The molecule has 1 aromatic carbocycles. The van der Waals surface area contributed by atoms with E-state index in [2.05, 4.69) is 21.2 Å². The van der Waals surface area contributed by atoms with Crippen molar-refractivity contribution >= 4 is 0 Å². The number of hydrogen-bond donors (Lipinski definition) is 0. The summed E-state index contributed by atoms with van der Waals surface area (Å²) < 4.78 is 12.9. The molecule has 0 atom stereocenters. The molecule has 0 saturated heterocycles. The fourth-order valence-corrected chi connectivity index (χ4v) is 2.29. The van der Waals surface area contributed by atoms with Crippen molar-refractivity contribution in [2.75, 3.05) is 0 Å². The molecular formula is C16H18N4O2. The third-order valence-electron chi connectivity index (χ3n) is 3.30. The van der Waals surface area contributed by atoms with Gasteiger partial charge in [-0.1, -0.05) is 11.2 Å². The maximum atomic E-state index is 5.72. The number of aromatic nitrogens is 4. The van der Waals surface area contributed by atoms with Crippen LogP contribution in [-0.2, 0) is 13.2 Å². The molecule has 2 aromatic heterocycles. The average molecular weight is 298 g/mol. The van der Waals surface area contributed by atoms with Crippen molar-refractivity contribution in [2.24, 2.45) is 0 Å². The summed E-state index contributed by atoms with van der Waals surface area (Å²) >= 11 is 0. The highest BCUT2D eigenvalue weighted by Crippen LogP contribution is 2.17. The Morgan fingerprint density at radius 1 is 1.14 bits per heavy atom. The van der Waals surface area contributed by atoms with Gasteiger partial charge in [-0.05, 0) is 44.0 Å². The number of hydrogen-bond acceptors (Lipinski definition) is 5. The molecule has 0 fully saturated rings. The Balaban J connectivity index is 1.63.